The number of nitrogens with zero attached hydrogens (tertiary/aromatic N) is 2. The average Bonchev–Trinajstić information content (AvgIpc) is 2.43. The van der Waals surface area contributed by atoms with Crippen molar-refractivity contribution < 1.29 is 42.5 Å². The van der Waals surface area contributed by atoms with Crippen molar-refractivity contribution in [2.75, 3.05) is 11.2 Å². The summed E-state index contributed by atoms with van der Waals surface area (Å²) in [4.78, 5) is 0. The van der Waals surface area contributed by atoms with E-state index in [0.29, 0.717) is 22.1 Å². The first-order valence-corrected chi connectivity index (χ1v) is 7.83. The van der Waals surface area contributed by atoms with Gasteiger partial charge in [-0.05, 0) is 42.5 Å². The van der Waals surface area contributed by atoms with Crippen LogP contribution in [-0.4, -0.2) is 18.8 Å². The second kappa shape index (κ2) is 8.61. The van der Waals surface area contributed by atoms with Gasteiger partial charge in [0, 0.05) is 10.7 Å². The van der Waals surface area contributed by atoms with Gasteiger partial charge < -0.3 is 9.87 Å². The fourth-order valence-corrected chi connectivity index (χ4v) is 2.00. The molecule has 110 valence electrons. The first-order chi connectivity index (χ1) is 9.92. The van der Waals surface area contributed by atoms with Gasteiger partial charge in [-0.25, -0.2) is 8.42 Å². The number of anilines is 1. The number of benzene rings is 2. The number of rotatable bonds is 5. The van der Waals surface area contributed by atoms with E-state index < -0.39 is 16.0 Å². The summed E-state index contributed by atoms with van der Waals surface area (Å²) in [6, 6.07) is 13.5. The number of hydrogen-bond acceptors (Lipinski definition) is 6. The Morgan fingerprint density at radius 2 is 1.68 bits per heavy atom. The molecule has 0 aliphatic heterocycles. The molecule has 0 unspecified atom stereocenters. The zero-order valence-corrected chi connectivity index (χ0v) is 15.3. The largest absolute Gasteiger partial charge is 1.00 e. The van der Waals surface area contributed by atoms with Crippen LogP contribution in [0.25, 0.3) is 0 Å². The van der Waals surface area contributed by atoms with Crippen LogP contribution in [0.5, 0.6) is 0 Å². The molecular weight excluding hydrogens is 337 g/mol. The van der Waals surface area contributed by atoms with Crippen molar-refractivity contribution in [1.29, 1.82) is 0 Å². The zero-order chi connectivity index (χ0) is 15.3. The van der Waals surface area contributed by atoms with Crippen LogP contribution in [0.3, 0.4) is 0 Å². The number of hydrogen-bond donors (Lipinski definition) is 1. The average molecular weight is 348 g/mol. The maximum absolute atomic E-state index is 10.5. The van der Waals surface area contributed by atoms with Crippen molar-refractivity contribution in [3.05, 3.63) is 53.6 Å². The quantitative estimate of drug-likeness (QED) is 0.489. The van der Waals surface area contributed by atoms with Gasteiger partial charge in [-0.3, -0.25) is 0 Å². The van der Waals surface area contributed by atoms with Crippen LogP contribution in [0.1, 0.15) is 0 Å². The first-order valence-electron chi connectivity index (χ1n) is 5.87. The van der Waals surface area contributed by atoms with Crippen molar-refractivity contribution in [2.24, 2.45) is 10.2 Å². The molecule has 0 atom stereocenters. The molecule has 2 aromatic rings. The molecule has 1 N–H and O–H groups in total. The van der Waals surface area contributed by atoms with E-state index in [9.17, 15) is 13.0 Å². The molecule has 0 aliphatic carbocycles. The Labute approximate surface area is 155 Å². The summed E-state index contributed by atoms with van der Waals surface area (Å²) in [7, 11) is -4.30. The van der Waals surface area contributed by atoms with Crippen LogP contribution in [0, 0.1) is 0 Å². The Morgan fingerprint density at radius 1 is 1.05 bits per heavy atom. The van der Waals surface area contributed by atoms with E-state index in [4.69, 9.17) is 11.6 Å². The van der Waals surface area contributed by atoms with Gasteiger partial charge in [0.15, 0.2) is 0 Å². The van der Waals surface area contributed by atoms with Gasteiger partial charge in [0.1, 0.15) is 16.0 Å². The van der Waals surface area contributed by atoms with Crippen molar-refractivity contribution in [1.82, 2.24) is 0 Å². The Kier molecular flexibility index (Phi) is 7.47. The summed E-state index contributed by atoms with van der Waals surface area (Å²) < 4.78 is 31.5. The smallest absolute Gasteiger partial charge is 0.747 e. The third-order valence-electron chi connectivity index (χ3n) is 2.41. The van der Waals surface area contributed by atoms with Crippen molar-refractivity contribution in [3.8, 4) is 0 Å². The Balaban J connectivity index is 0.00000242. The van der Waals surface area contributed by atoms with Crippen LogP contribution in [0.15, 0.2) is 58.8 Å². The Bertz CT molecular complexity index is 751. The second-order valence-electron chi connectivity index (χ2n) is 4.11. The van der Waals surface area contributed by atoms with Gasteiger partial charge in [-0.15, -0.1) is 0 Å². The van der Waals surface area contributed by atoms with Crippen molar-refractivity contribution >= 4 is 38.8 Å². The van der Waals surface area contributed by atoms with Crippen LogP contribution >= 0.6 is 11.6 Å². The molecule has 2 aromatic carbocycles. The minimum Gasteiger partial charge on any atom is -0.747 e. The molecule has 0 saturated heterocycles. The zero-order valence-electron chi connectivity index (χ0n) is 11.7. The minimum atomic E-state index is -4.30. The van der Waals surface area contributed by atoms with E-state index >= 15 is 0 Å². The van der Waals surface area contributed by atoms with E-state index in [1.807, 2.05) is 0 Å². The molecule has 2 rings (SSSR count). The van der Waals surface area contributed by atoms with E-state index in [1.165, 1.54) is 0 Å². The van der Waals surface area contributed by atoms with E-state index in [2.05, 4.69) is 15.5 Å². The fourth-order valence-electron chi connectivity index (χ4n) is 1.47. The molecule has 22 heavy (non-hydrogen) atoms. The summed E-state index contributed by atoms with van der Waals surface area (Å²) in [5.41, 5.74) is 1.73. The maximum Gasteiger partial charge on any atom is 1.00 e. The summed E-state index contributed by atoms with van der Waals surface area (Å²) in [6.45, 7) is 0. The third kappa shape index (κ3) is 6.87. The molecule has 0 heterocycles. The van der Waals surface area contributed by atoms with Crippen LogP contribution in [0.2, 0.25) is 5.02 Å². The summed E-state index contributed by atoms with van der Waals surface area (Å²) in [5, 5.41) is 11.1. The van der Waals surface area contributed by atoms with Gasteiger partial charge in [-0.2, -0.15) is 10.2 Å². The van der Waals surface area contributed by atoms with Crippen LogP contribution in [-0.2, 0) is 10.1 Å². The summed E-state index contributed by atoms with van der Waals surface area (Å²) >= 11 is 5.83. The second-order valence-corrected chi connectivity index (χ2v) is 5.95. The molecule has 0 spiro atoms. The SMILES string of the molecule is O=S(=O)([O-])CNc1ccc(N=Nc2cccc(Cl)c2)cc1.[Na+]. The molecule has 0 aromatic heterocycles. The first kappa shape index (κ1) is 19.1. The fraction of sp³-hybridized carbons (Fsp3) is 0.0769. The van der Waals surface area contributed by atoms with Gasteiger partial charge in [0.2, 0.25) is 0 Å². The van der Waals surface area contributed by atoms with E-state index in [0.717, 1.165) is 0 Å². The molecule has 0 bridgehead atoms. The third-order valence-corrected chi connectivity index (χ3v) is 3.14. The van der Waals surface area contributed by atoms with Gasteiger partial charge in [-0.1, -0.05) is 17.7 Å². The molecule has 0 amide bonds. The molecule has 0 saturated carbocycles. The topological polar surface area (TPSA) is 94.0 Å². The molecule has 6 nitrogen and oxygen atoms in total. The predicted molar refractivity (Wildman–Crippen MR) is 80.3 cm³/mol. The summed E-state index contributed by atoms with van der Waals surface area (Å²) in [5.74, 6) is -0.656. The summed E-state index contributed by atoms with van der Waals surface area (Å²) in [6.07, 6.45) is 0. The number of nitrogens with one attached hydrogen (secondary N) is 1. The van der Waals surface area contributed by atoms with Gasteiger partial charge in [0.05, 0.1) is 11.4 Å². The number of halogens is 1. The van der Waals surface area contributed by atoms with Gasteiger partial charge >= 0.3 is 29.6 Å². The number of azo groups is 1. The molecule has 0 fully saturated rings. The molecule has 0 aliphatic rings. The minimum absolute atomic E-state index is 0. The Hall–Kier alpha value is -0.960. The Morgan fingerprint density at radius 3 is 2.27 bits per heavy atom. The molecule has 9 heteroatoms. The monoisotopic (exact) mass is 347 g/mol. The normalized spacial score (nSPS) is 11.2. The van der Waals surface area contributed by atoms with E-state index in [-0.39, 0.29) is 29.6 Å². The maximum atomic E-state index is 10.5. The van der Waals surface area contributed by atoms with E-state index in [1.54, 1.807) is 48.5 Å². The molecule has 0 radical (unpaired) electrons. The van der Waals surface area contributed by atoms with Crippen LogP contribution < -0.4 is 34.9 Å². The predicted octanol–water partition coefficient (Wildman–Crippen LogP) is 0.674. The van der Waals surface area contributed by atoms with Gasteiger partial charge in [0.25, 0.3) is 0 Å². The van der Waals surface area contributed by atoms with Crippen molar-refractivity contribution in [2.45, 2.75) is 0 Å². The van der Waals surface area contributed by atoms with Crippen LogP contribution in [0.4, 0.5) is 17.1 Å². The van der Waals surface area contributed by atoms with Crippen molar-refractivity contribution in [3.63, 3.8) is 0 Å². The standard InChI is InChI=1S/C13H12ClN3O3S.Na/c14-10-2-1-3-13(8-10)17-16-12-6-4-11(5-7-12)15-9-21(18,19)20;/h1-8,15H,9H2,(H,18,19,20);/q;+1/p-1. The molecular formula is C13H11ClN3NaO3S.